The Morgan fingerprint density at radius 2 is 2.13 bits per heavy atom. The lowest BCUT2D eigenvalue weighted by Gasteiger charge is -2.41. The highest BCUT2D eigenvalue weighted by molar-refractivity contribution is 7.97. The Bertz CT molecular complexity index is 1080. The van der Waals surface area contributed by atoms with Crippen LogP contribution >= 0.6 is 11.9 Å². The van der Waals surface area contributed by atoms with E-state index in [2.05, 4.69) is 57.6 Å². The molecule has 2 N–H and O–H groups in total. The van der Waals surface area contributed by atoms with Gasteiger partial charge in [-0.15, -0.1) is 5.10 Å². The largest absolute Gasteiger partial charge is 0.377 e. The van der Waals surface area contributed by atoms with E-state index in [0.29, 0.717) is 5.56 Å². The summed E-state index contributed by atoms with van der Waals surface area (Å²) < 4.78 is 4.59. The molecule has 0 aliphatic carbocycles. The molecule has 0 saturated carbocycles. The average molecular weight is 423 g/mol. The third kappa shape index (κ3) is 3.79. The maximum absolute atomic E-state index is 12.2. The fourth-order valence-electron chi connectivity index (χ4n) is 4.11. The molecule has 0 fully saturated rings. The monoisotopic (exact) mass is 422 g/mol. The van der Waals surface area contributed by atoms with Gasteiger partial charge in [-0.05, 0) is 63.7 Å². The third-order valence-electron chi connectivity index (χ3n) is 5.59. The van der Waals surface area contributed by atoms with E-state index in [1.165, 1.54) is 17.5 Å². The molecule has 1 atom stereocenters. The van der Waals surface area contributed by atoms with Crippen molar-refractivity contribution >= 4 is 23.5 Å². The molecule has 1 aliphatic heterocycles. The molecule has 4 rings (SSSR count). The predicted molar refractivity (Wildman–Crippen MR) is 120 cm³/mol. The molecule has 1 aliphatic rings. The molecule has 1 aromatic heterocycles. The molecule has 0 spiro atoms. The van der Waals surface area contributed by atoms with Crippen molar-refractivity contribution in [2.24, 2.45) is 5.41 Å². The number of tetrazole rings is 1. The number of anilines is 1. The Hall–Kier alpha value is -2.87. The fraction of sp³-hybridized carbons (Fsp3) is 0.364. The van der Waals surface area contributed by atoms with Crippen LogP contribution in [0.4, 0.5) is 5.69 Å². The highest BCUT2D eigenvalue weighted by Gasteiger charge is 2.36. The van der Waals surface area contributed by atoms with Crippen LogP contribution in [0.1, 0.15) is 54.1 Å². The number of hydrogen-bond donors (Lipinski definition) is 2. The SMILES string of the molecule is CCc1nnnn1-c1cccc(C2Nc3ccc(C(=O)NSC)cc3CC2(C)C)c1. The second-order valence-corrected chi connectivity index (χ2v) is 8.82. The first-order valence-electron chi connectivity index (χ1n) is 10.0. The van der Waals surface area contributed by atoms with Gasteiger partial charge in [-0.1, -0.05) is 44.9 Å². The van der Waals surface area contributed by atoms with Gasteiger partial charge in [0.1, 0.15) is 0 Å². The van der Waals surface area contributed by atoms with Crippen molar-refractivity contribution < 1.29 is 4.79 Å². The molecule has 7 nitrogen and oxygen atoms in total. The highest BCUT2D eigenvalue weighted by atomic mass is 32.2. The smallest absolute Gasteiger partial charge is 0.261 e. The molecule has 2 aromatic carbocycles. The number of carbonyl (C=O) groups is 1. The number of amides is 1. The van der Waals surface area contributed by atoms with E-state index >= 15 is 0 Å². The van der Waals surface area contributed by atoms with E-state index < -0.39 is 0 Å². The number of nitrogens with one attached hydrogen (secondary N) is 2. The van der Waals surface area contributed by atoms with Gasteiger partial charge in [0.05, 0.1) is 11.7 Å². The summed E-state index contributed by atoms with van der Waals surface area (Å²) in [5, 5.41) is 15.8. The molecule has 2 heterocycles. The molecule has 3 aromatic rings. The molecular weight excluding hydrogens is 396 g/mol. The predicted octanol–water partition coefficient (Wildman–Crippen LogP) is 3.97. The number of aryl methyl sites for hydroxylation is 1. The maximum atomic E-state index is 12.2. The van der Waals surface area contributed by atoms with Crippen LogP contribution in [0.5, 0.6) is 0 Å². The van der Waals surface area contributed by atoms with Crippen molar-refractivity contribution in [3.8, 4) is 5.69 Å². The minimum absolute atomic E-state index is 0.0472. The van der Waals surface area contributed by atoms with Crippen molar-refractivity contribution in [2.75, 3.05) is 11.6 Å². The first kappa shape index (κ1) is 20.4. The van der Waals surface area contributed by atoms with Crippen LogP contribution in [0.25, 0.3) is 5.69 Å². The first-order chi connectivity index (χ1) is 14.4. The summed E-state index contributed by atoms with van der Waals surface area (Å²) in [6, 6.07) is 14.4. The minimum Gasteiger partial charge on any atom is -0.377 e. The Labute approximate surface area is 180 Å². The molecule has 0 saturated heterocycles. The molecule has 0 radical (unpaired) electrons. The Balaban J connectivity index is 1.67. The van der Waals surface area contributed by atoms with Crippen molar-refractivity contribution in [3.05, 3.63) is 65.0 Å². The number of rotatable bonds is 5. The van der Waals surface area contributed by atoms with Crippen LogP contribution < -0.4 is 10.0 Å². The summed E-state index contributed by atoms with van der Waals surface area (Å²) in [4.78, 5) is 12.2. The maximum Gasteiger partial charge on any atom is 0.261 e. The first-order valence-corrected chi connectivity index (χ1v) is 11.3. The average Bonchev–Trinajstić information content (AvgIpc) is 3.21. The summed E-state index contributed by atoms with van der Waals surface area (Å²) in [6.45, 7) is 6.55. The molecule has 8 heteroatoms. The van der Waals surface area contributed by atoms with Crippen molar-refractivity contribution in [1.82, 2.24) is 24.9 Å². The van der Waals surface area contributed by atoms with Gasteiger partial charge in [-0.25, -0.2) is 0 Å². The number of nitrogens with zero attached hydrogens (tertiary/aromatic N) is 4. The van der Waals surface area contributed by atoms with Gasteiger partial charge in [0.15, 0.2) is 5.82 Å². The summed E-state index contributed by atoms with van der Waals surface area (Å²) >= 11 is 1.31. The van der Waals surface area contributed by atoms with Gasteiger partial charge < -0.3 is 5.32 Å². The fourth-order valence-corrected chi connectivity index (χ4v) is 4.42. The summed E-state index contributed by atoms with van der Waals surface area (Å²) in [7, 11) is 0. The van der Waals surface area contributed by atoms with E-state index in [0.717, 1.165) is 35.6 Å². The van der Waals surface area contributed by atoms with Gasteiger partial charge >= 0.3 is 0 Å². The lowest BCUT2D eigenvalue weighted by atomic mass is 9.72. The van der Waals surface area contributed by atoms with Crippen LogP contribution in [-0.2, 0) is 12.8 Å². The molecule has 1 unspecified atom stereocenters. The molecule has 30 heavy (non-hydrogen) atoms. The van der Waals surface area contributed by atoms with E-state index in [9.17, 15) is 4.79 Å². The van der Waals surface area contributed by atoms with Crippen molar-refractivity contribution in [3.63, 3.8) is 0 Å². The highest BCUT2D eigenvalue weighted by Crippen LogP contribution is 2.45. The number of hydrogen-bond acceptors (Lipinski definition) is 6. The molecule has 156 valence electrons. The van der Waals surface area contributed by atoms with Crippen LogP contribution in [0, 0.1) is 5.41 Å². The summed E-state index contributed by atoms with van der Waals surface area (Å²) in [6.07, 6.45) is 3.48. The van der Waals surface area contributed by atoms with E-state index in [1.807, 2.05) is 37.4 Å². The van der Waals surface area contributed by atoms with E-state index in [1.54, 1.807) is 4.68 Å². The second kappa shape index (κ2) is 8.10. The number of carbonyl (C=O) groups excluding carboxylic acids is 1. The lowest BCUT2D eigenvalue weighted by Crippen LogP contribution is -2.35. The van der Waals surface area contributed by atoms with Crippen LogP contribution in [0.2, 0.25) is 0 Å². The Morgan fingerprint density at radius 1 is 1.30 bits per heavy atom. The normalized spacial score (nSPS) is 17.1. The topological polar surface area (TPSA) is 84.7 Å². The zero-order chi connectivity index (χ0) is 21.3. The molecule has 1 amide bonds. The summed E-state index contributed by atoms with van der Waals surface area (Å²) in [5.41, 5.74) is 5.02. The minimum atomic E-state index is -0.0638. The number of fused-ring (bicyclic) bond motifs is 1. The Kier molecular flexibility index (Phi) is 5.51. The summed E-state index contributed by atoms with van der Waals surface area (Å²) in [5.74, 6) is 0.774. The quantitative estimate of drug-likeness (QED) is 0.605. The number of benzene rings is 2. The van der Waals surface area contributed by atoms with Gasteiger partial charge in [0.2, 0.25) is 0 Å². The van der Waals surface area contributed by atoms with E-state index in [4.69, 9.17) is 0 Å². The zero-order valence-electron chi connectivity index (χ0n) is 17.6. The van der Waals surface area contributed by atoms with Gasteiger partial charge in [0, 0.05) is 23.9 Å². The van der Waals surface area contributed by atoms with Gasteiger partial charge in [-0.2, -0.15) is 4.68 Å². The second-order valence-electron chi connectivity index (χ2n) is 8.21. The standard InChI is InChI=1S/C22H26N6OS/c1-5-19-24-26-27-28(19)17-8-6-7-14(12-17)20-22(2,3)13-16-11-15(21(29)25-30-4)9-10-18(16)23-20/h6-12,20,23H,5,13H2,1-4H3,(H,25,29). The van der Waals surface area contributed by atoms with Crippen LogP contribution in [-0.4, -0.2) is 32.4 Å². The lowest BCUT2D eigenvalue weighted by molar-refractivity contribution is 0.0984. The van der Waals surface area contributed by atoms with Crippen LogP contribution in [0.15, 0.2) is 42.5 Å². The molecular formula is C22H26N6OS. The van der Waals surface area contributed by atoms with E-state index in [-0.39, 0.29) is 17.4 Å². The Morgan fingerprint density at radius 3 is 2.90 bits per heavy atom. The zero-order valence-corrected chi connectivity index (χ0v) is 18.5. The van der Waals surface area contributed by atoms with Gasteiger partial charge in [-0.3, -0.25) is 9.52 Å². The van der Waals surface area contributed by atoms with Crippen LogP contribution in [0.3, 0.4) is 0 Å². The molecule has 0 bridgehead atoms. The van der Waals surface area contributed by atoms with Crippen molar-refractivity contribution in [1.29, 1.82) is 0 Å². The third-order valence-corrected chi connectivity index (χ3v) is 5.98. The van der Waals surface area contributed by atoms with Crippen molar-refractivity contribution in [2.45, 2.75) is 39.7 Å². The number of aromatic nitrogens is 4. The van der Waals surface area contributed by atoms with Gasteiger partial charge in [0.25, 0.3) is 5.91 Å².